The van der Waals surface area contributed by atoms with E-state index >= 15 is 0 Å². The average Bonchev–Trinajstić information content (AvgIpc) is 2.60. The number of rotatable bonds is 8. The second-order valence-electron chi connectivity index (χ2n) is 6.08. The van der Waals surface area contributed by atoms with Crippen LogP contribution in [0.15, 0.2) is 48.5 Å². The van der Waals surface area contributed by atoms with Crippen LogP contribution in [0.2, 0.25) is 0 Å². The first-order valence-electron chi connectivity index (χ1n) is 8.00. The van der Waals surface area contributed by atoms with E-state index in [-0.39, 0.29) is 24.1 Å². The van der Waals surface area contributed by atoms with Crippen molar-refractivity contribution in [3.05, 3.63) is 59.7 Å². The maximum atomic E-state index is 12.9. The van der Waals surface area contributed by atoms with E-state index in [2.05, 4.69) is 0 Å². The van der Waals surface area contributed by atoms with Gasteiger partial charge in [-0.1, -0.05) is 36.4 Å². The molecular weight excluding hydrogens is 338 g/mol. The molecule has 0 spiro atoms. The number of halogens is 1. The molecule has 136 valence electrons. The molecule has 2 rings (SSSR count). The molecule has 2 aromatic carbocycles. The van der Waals surface area contributed by atoms with Crippen LogP contribution < -0.4 is 9.47 Å². The van der Waals surface area contributed by atoms with Crippen LogP contribution in [-0.4, -0.2) is 45.5 Å². The van der Waals surface area contributed by atoms with Crippen molar-refractivity contribution < 1.29 is 14.3 Å². The fraction of sp³-hybridized carbons (Fsp3) is 0.350. The summed E-state index contributed by atoms with van der Waals surface area (Å²) in [7, 11) is 7.21. The summed E-state index contributed by atoms with van der Waals surface area (Å²) in [5.74, 6) is 1.44. The molecule has 25 heavy (non-hydrogen) atoms. The van der Waals surface area contributed by atoms with Crippen LogP contribution in [0.1, 0.15) is 15.9 Å². The minimum Gasteiger partial charge on any atom is -0.493 e. The number of methoxy groups -OCH3 is 2. The Bertz CT molecular complexity index is 674. The van der Waals surface area contributed by atoms with E-state index in [4.69, 9.17) is 9.47 Å². The molecule has 0 aliphatic carbocycles. The summed E-state index contributed by atoms with van der Waals surface area (Å²) in [6, 6.07) is 15.3. The highest BCUT2D eigenvalue weighted by Crippen LogP contribution is 2.29. The fourth-order valence-electron chi connectivity index (χ4n) is 2.81. The van der Waals surface area contributed by atoms with E-state index in [1.165, 1.54) is 0 Å². The highest BCUT2D eigenvalue weighted by atomic mass is 35.5. The monoisotopic (exact) mass is 363 g/mol. The molecule has 0 saturated carbocycles. The van der Waals surface area contributed by atoms with Crippen molar-refractivity contribution in [2.75, 3.05) is 34.9 Å². The first-order chi connectivity index (χ1) is 11.5. The van der Waals surface area contributed by atoms with Gasteiger partial charge < -0.3 is 14.4 Å². The van der Waals surface area contributed by atoms with Crippen LogP contribution in [0.4, 0.5) is 0 Å². The summed E-state index contributed by atoms with van der Waals surface area (Å²) in [6.07, 6.45) is 0.659. The summed E-state index contributed by atoms with van der Waals surface area (Å²) < 4.78 is 10.6. The Morgan fingerprint density at radius 2 is 1.64 bits per heavy atom. The molecule has 0 bridgehead atoms. The Kier molecular flexibility index (Phi) is 8.46. The third kappa shape index (κ3) is 5.76. The largest absolute Gasteiger partial charge is 0.493 e. The van der Waals surface area contributed by atoms with Crippen LogP contribution in [0.3, 0.4) is 0 Å². The number of hydrogen-bond donors (Lipinski definition) is 0. The Morgan fingerprint density at radius 1 is 1.00 bits per heavy atom. The molecule has 0 fully saturated rings. The zero-order chi connectivity index (χ0) is 17.5. The van der Waals surface area contributed by atoms with Crippen molar-refractivity contribution in [2.24, 2.45) is 5.92 Å². The molecule has 0 aliphatic rings. The number of carbonyl (C=O) groups excluding carboxylic acids is 1. The lowest BCUT2D eigenvalue weighted by Gasteiger charge is -2.21. The van der Waals surface area contributed by atoms with Crippen LogP contribution in [0.25, 0.3) is 0 Å². The first kappa shape index (κ1) is 21.0. The zero-order valence-electron chi connectivity index (χ0n) is 15.2. The van der Waals surface area contributed by atoms with Gasteiger partial charge in [-0.2, -0.15) is 0 Å². The van der Waals surface area contributed by atoms with Gasteiger partial charge in [0.05, 0.1) is 14.2 Å². The van der Waals surface area contributed by atoms with Crippen LogP contribution >= 0.6 is 12.4 Å². The number of ether oxygens (including phenoxy) is 2. The average molecular weight is 364 g/mol. The number of carbonyl (C=O) groups is 1. The van der Waals surface area contributed by atoms with Gasteiger partial charge >= 0.3 is 0 Å². The lowest BCUT2D eigenvalue weighted by Crippen LogP contribution is -2.29. The molecule has 0 heterocycles. The van der Waals surface area contributed by atoms with E-state index in [1.54, 1.807) is 14.2 Å². The molecule has 1 atom stereocenters. The topological polar surface area (TPSA) is 38.8 Å². The molecule has 0 aliphatic heterocycles. The van der Waals surface area contributed by atoms with Crippen LogP contribution in [-0.2, 0) is 6.42 Å². The van der Waals surface area contributed by atoms with Crippen molar-refractivity contribution >= 4 is 18.2 Å². The normalized spacial score (nSPS) is 11.6. The number of hydrogen-bond acceptors (Lipinski definition) is 4. The summed E-state index contributed by atoms with van der Waals surface area (Å²) in [6.45, 7) is 0.697. The molecule has 0 saturated heterocycles. The van der Waals surface area contributed by atoms with Gasteiger partial charge in [-0.25, -0.2) is 0 Å². The Balaban J connectivity index is 0.00000312. The van der Waals surface area contributed by atoms with Gasteiger partial charge in [0.1, 0.15) is 0 Å². The molecule has 0 aromatic heterocycles. The molecule has 1 unspecified atom stereocenters. The minimum absolute atomic E-state index is 0. The van der Waals surface area contributed by atoms with Crippen molar-refractivity contribution in [3.63, 3.8) is 0 Å². The predicted molar refractivity (Wildman–Crippen MR) is 103 cm³/mol. The molecule has 0 radical (unpaired) electrons. The highest BCUT2D eigenvalue weighted by molar-refractivity contribution is 5.98. The minimum atomic E-state index is -0.111. The molecule has 5 heteroatoms. The van der Waals surface area contributed by atoms with Gasteiger partial charge in [0, 0.05) is 18.0 Å². The summed E-state index contributed by atoms with van der Waals surface area (Å²) in [5, 5.41) is 0. The maximum Gasteiger partial charge on any atom is 0.167 e. The third-order valence-corrected chi connectivity index (χ3v) is 3.94. The first-order valence-corrected chi connectivity index (χ1v) is 8.00. The van der Waals surface area contributed by atoms with E-state index in [0.717, 1.165) is 11.1 Å². The van der Waals surface area contributed by atoms with E-state index in [1.807, 2.05) is 67.5 Å². The summed E-state index contributed by atoms with van der Waals surface area (Å²) in [5.41, 5.74) is 1.81. The maximum absolute atomic E-state index is 12.9. The summed E-state index contributed by atoms with van der Waals surface area (Å²) >= 11 is 0. The Hall–Kier alpha value is -2.04. The Morgan fingerprint density at radius 3 is 2.20 bits per heavy atom. The van der Waals surface area contributed by atoms with Gasteiger partial charge in [0.2, 0.25) is 0 Å². The van der Waals surface area contributed by atoms with Gasteiger partial charge in [-0.15, -0.1) is 12.4 Å². The van der Waals surface area contributed by atoms with E-state index in [0.29, 0.717) is 24.5 Å². The molecule has 0 N–H and O–H groups in total. The highest BCUT2D eigenvalue weighted by Gasteiger charge is 2.22. The lowest BCUT2D eigenvalue weighted by atomic mass is 9.90. The van der Waals surface area contributed by atoms with Crippen molar-refractivity contribution in [2.45, 2.75) is 6.42 Å². The fourth-order valence-corrected chi connectivity index (χ4v) is 2.81. The van der Waals surface area contributed by atoms with Crippen LogP contribution in [0, 0.1) is 5.92 Å². The van der Waals surface area contributed by atoms with Gasteiger partial charge in [0.15, 0.2) is 17.3 Å². The second kappa shape index (κ2) is 10.1. The second-order valence-corrected chi connectivity index (χ2v) is 6.08. The standard InChI is InChI=1S/C20H25NO3.ClH/c1-21(2)14-17(20(22)16-8-6-5-7-9-16)12-15-10-11-18(23-3)19(13-15)24-4;/h5-11,13,17H,12,14H2,1-4H3;1H. The number of nitrogens with zero attached hydrogens (tertiary/aromatic N) is 1. The van der Waals surface area contributed by atoms with Crippen LogP contribution in [0.5, 0.6) is 11.5 Å². The molecule has 0 amide bonds. The summed E-state index contributed by atoms with van der Waals surface area (Å²) in [4.78, 5) is 14.9. The zero-order valence-corrected chi connectivity index (χ0v) is 16.0. The SMILES string of the molecule is COc1ccc(CC(CN(C)C)C(=O)c2ccccc2)cc1OC.Cl. The molecule has 2 aromatic rings. The van der Waals surface area contributed by atoms with Crippen molar-refractivity contribution in [1.29, 1.82) is 0 Å². The van der Waals surface area contributed by atoms with E-state index < -0.39 is 0 Å². The third-order valence-electron chi connectivity index (χ3n) is 3.94. The van der Waals surface area contributed by atoms with Crippen molar-refractivity contribution in [1.82, 2.24) is 4.90 Å². The lowest BCUT2D eigenvalue weighted by molar-refractivity contribution is 0.0896. The van der Waals surface area contributed by atoms with Gasteiger partial charge in [0.25, 0.3) is 0 Å². The number of benzene rings is 2. The van der Waals surface area contributed by atoms with Crippen molar-refractivity contribution in [3.8, 4) is 11.5 Å². The van der Waals surface area contributed by atoms with Gasteiger partial charge in [-0.05, 0) is 38.2 Å². The molecule has 4 nitrogen and oxygen atoms in total. The predicted octanol–water partition coefficient (Wildman–Crippen LogP) is 3.73. The van der Waals surface area contributed by atoms with Gasteiger partial charge in [-0.3, -0.25) is 4.79 Å². The van der Waals surface area contributed by atoms with E-state index in [9.17, 15) is 4.79 Å². The number of Topliss-reactive ketones (excluding diaryl/α,β-unsaturated/α-hetero) is 1. The Labute approximate surface area is 156 Å². The smallest absolute Gasteiger partial charge is 0.167 e. The molecular formula is C20H26ClNO3. The quantitative estimate of drug-likeness (QED) is 0.670. The number of ketones is 1.